The molecule has 0 radical (unpaired) electrons. The van der Waals surface area contributed by atoms with Gasteiger partial charge in [-0.1, -0.05) is 19.1 Å². The zero-order chi connectivity index (χ0) is 9.14. The number of hydrogen-bond donors (Lipinski definition) is 1. The van der Waals surface area contributed by atoms with E-state index < -0.39 is 0 Å². The van der Waals surface area contributed by atoms with Crippen molar-refractivity contribution in [3.8, 4) is 0 Å². The first-order chi connectivity index (χ1) is 5.61. The van der Waals surface area contributed by atoms with Crippen LogP contribution in [0.2, 0.25) is 0 Å². The smallest absolute Gasteiger partial charge is 0.136 e. The second-order valence-corrected chi connectivity index (χ2v) is 3.38. The predicted octanol–water partition coefficient (Wildman–Crippen LogP) is 1.17. The van der Waals surface area contributed by atoms with Gasteiger partial charge in [-0.15, -0.1) is 0 Å². The van der Waals surface area contributed by atoms with Crippen molar-refractivity contribution in [2.24, 2.45) is 21.6 Å². The third kappa shape index (κ3) is 2.11. The van der Waals surface area contributed by atoms with Crippen LogP contribution in [0.15, 0.2) is 9.98 Å². The molecular weight excluding hydrogens is 170 g/mol. The first kappa shape index (κ1) is 9.32. The summed E-state index contributed by atoms with van der Waals surface area (Å²) in [5.74, 6) is 0.106. The van der Waals surface area contributed by atoms with Crippen molar-refractivity contribution in [1.82, 2.24) is 0 Å². The lowest BCUT2D eigenvalue weighted by molar-refractivity contribution is 0.771. The van der Waals surface area contributed by atoms with Crippen LogP contribution >= 0.6 is 12.2 Å². The van der Waals surface area contributed by atoms with Gasteiger partial charge in [0.15, 0.2) is 0 Å². The summed E-state index contributed by atoms with van der Waals surface area (Å²) in [5, 5.41) is 0. The Morgan fingerprint density at radius 3 is 3.00 bits per heavy atom. The summed E-state index contributed by atoms with van der Waals surface area (Å²) >= 11 is 4.89. The second kappa shape index (κ2) is 3.76. The topological polar surface area (TPSA) is 50.7 Å². The summed E-state index contributed by atoms with van der Waals surface area (Å²) in [6.07, 6.45) is 2.69. The molecule has 0 saturated carbocycles. The molecule has 0 fully saturated rings. The SMILES string of the molecule is CC1N=CCC(C(C)C(N)=S)=N1. The van der Waals surface area contributed by atoms with E-state index in [9.17, 15) is 0 Å². The van der Waals surface area contributed by atoms with E-state index in [4.69, 9.17) is 18.0 Å². The molecule has 0 aromatic rings. The summed E-state index contributed by atoms with van der Waals surface area (Å²) in [7, 11) is 0. The quantitative estimate of drug-likeness (QED) is 0.653. The standard InChI is InChI=1S/C8H13N3S/c1-5(8(9)12)7-3-4-10-6(2)11-7/h4-6H,3H2,1-2H3,(H2,9,12). The molecule has 2 N–H and O–H groups in total. The van der Waals surface area contributed by atoms with Gasteiger partial charge in [-0.2, -0.15) is 0 Å². The number of nitrogens with zero attached hydrogens (tertiary/aromatic N) is 2. The van der Waals surface area contributed by atoms with Crippen LogP contribution in [-0.4, -0.2) is 23.1 Å². The lowest BCUT2D eigenvalue weighted by Gasteiger charge is -2.16. The number of rotatable bonds is 2. The fourth-order valence-electron chi connectivity index (χ4n) is 1.08. The molecule has 4 heteroatoms. The molecule has 1 aliphatic rings. The highest BCUT2D eigenvalue weighted by atomic mass is 32.1. The monoisotopic (exact) mass is 183 g/mol. The van der Waals surface area contributed by atoms with E-state index in [2.05, 4.69) is 9.98 Å². The first-order valence-electron chi connectivity index (χ1n) is 3.98. The van der Waals surface area contributed by atoms with Gasteiger partial charge in [0, 0.05) is 24.3 Å². The number of hydrogen-bond acceptors (Lipinski definition) is 3. The van der Waals surface area contributed by atoms with Crippen LogP contribution in [-0.2, 0) is 0 Å². The van der Waals surface area contributed by atoms with Crippen molar-refractivity contribution >= 4 is 29.1 Å². The summed E-state index contributed by atoms with van der Waals surface area (Å²) in [4.78, 5) is 8.99. The van der Waals surface area contributed by atoms with Gasteiger partial charge in [-0.25, -0.2) is 0 Å². The predicted molar refractivity (Wildman–Crippen MR) is 56.0 cm³/mol. The normalized spacial score (nSPS) is 24.8. The summed E-state index contributed by atoms with van der Waals surface area (Å²) < 4.78 is 0. The number of aliphatic imine (C=N–C) groups is 2. The molecular formula is C8H13N3S. The van der Waals surface area contributed by atoms with E-state index in [0.717, 1.165) is 12.1 Å². The molecule has 1 heterocycles. The molecule has 3 nitrogen and oxygen atoms in total. The Morgan fingerprint density at radius 1 is 1.83 bits per heavy atom. The van der Waals surface area contributed by atoms with Crippen LogP contribution in [0.3, 0.4) is 0 Å². The van der Waals surface area contributed by atoms with Gasteiger partial charge in [0.1, 0.15) is 6.17 Å². The Bertz CT molecular complexity index is 245. The van der Waals surface area contributed by atoms with Crippen LogP contribution in [0.1, 0.15) is 20.3 Å². The zero-order valence-corrected chi connectivity index (χ0v) is 8.14. The highest BCUT2D eigenvalue weighted by Gasteiger charge is 2.15. The molecule has 0 saturated heterocycles. The minimum Gasteiger partial charge on any atom is -0.393 e. The average molecular weight is 183 g/mol. The van der Waals surface area contributed by atoms with Gasteiger partial charge >= 0.3 is 0 Å². The number of nitrogens with two attached hydrogens (primary N) is 1. The summed E-state index contributed by atoms with van der Waals surface area (Å²) in [6.45, 7) is 3.93. The van der Waals surface area contributed by atoms with E-state index in [1.54, 1.807) is 0 Å². The van der Waals surface area contributed by atoms with Crippen molar-refractivity contribution in [3.05, 3.63) is 0 Å². The lowest BCUT2D eigenvalue weighted by Crippen LogP contribution is -2.28. The molecule has 2 unspecified atom stereocenters. The molecule has 0 spiro atoms. The molecule has 0 aromatic heterocycles. The Morgan fingerprint density at radius 2 is 2.50 bits per heavy atom. The van der Waals surface area contributed by atoms with E-state index in [1.807, 2.05) is 20.1 Å². The fourth-order valence-corrected chi connectivity index (χ4v) is 1.21. The van der Waals surface area contributed by atoms with Gasteiger partial charge < -0.3 is 5.73 Å². The van der Waals surface area contributed by atoms with Crippen molar-refractivity contribution in [1.29, 1.82) is 0 Å². The van der Waals surface area contributed by atoms with Crippen molar-refractivity contribution in [2.75, 3.05) is 0 Å². The van der Waals surface area contributed by atoms with E-state index in [-0.39, 0.29) is 12.1 Å². The molecule has 2 atom stereocenters. The molecule has 0 aliphatic carbocycles. The molecule has 1 aliphatic heterocycles. The van der Waals surface area contributed by atoms with Gasteiger partial charge in [0.25, 0.3) is 0 Å². The Kier molecular flexibility index (Phi) is 2.92. The minimum atomic E-state index is 0.0329. The lowest BCUT2D eigenvalue weighted by atomic mass is 10.0. The van der Waals surface area contributed by atoms with Crippen molar-refractivity contribution < 1.29 is 0 Å². The third-order valence-electron chi connectivity index (χ3n) is 1.90. The van der Waals surface area contributed by atoms with Gasteiger partial charge in [-0.05, 0) is 6.92 Å². The Balaban J connectivity index is 2.70. The van der Waals surface area contributed by atoms with Crippen LogP contribution < -0.4 is 5.73 Å². The molecule has 12 heavy (non-hydrogen) atoms. The molecule has 0 bridgehead atoms. The molecule has 0 aromatic carbocycles. The maximum Gasteiger partial charge on any atom is 0.136 e. The summed E-state index contributed by atoms with van der Waals surface area (Å²) in [5.41, 5.74) is 6.56. The maximum atomic E-state index is 5.52. The van der Waals surface area contributed by atoms with Crippen LogP contribution in [0.4, 0.5) is 0 Å². The highest BCUT2D eigenvalue weighted by molar-refractivity contribution is 7.80. The second-order valence-electron chi connectivity index (χ2n) is 2.91. The number of thiocarbonyl (C=S) groups is 1. The van der Waals surface area contributed by atoms with Crippen LogP contribution in [0.5, 0.6) is 0 Å². The molecule has 66 valence electrons. The molecule has 0 amide bonds. The van der Waals surface area contributed by atoms with E-state index in [0.29, 0.717) is 4.99 Å². The van der Waals surface area contributed by atoms with E-state index >= 15 is 0 Å². The Hall–Kier alpha value is -0.770. The maximum absolute atomic E-state index is 5.52. The highest BCUT2D eigenvalue weighted by Crippen LogP contribution is 2.09. The van der Waals surface area contributed by atoms with Crippen molar-refractivity contribution in [2.45, 2.75) is 26.4 Å². The van der Waals surface area contributed by atoms with Crippen LogP contribution in [0, 0.1) is 5.92 Å². The largest absolute Gasteiger partial charge is 0.393 e. The van der Waals surface area contributed by atoms with Gasteiger partial charge in [0.2, 0.25) is 0 Å². The fraction of sp³-hybridized carbons (Fsp3) is 0.625. The Labute approximate surface area is 77.8 Å². The van der Waals surface area contributed by atoms with Crippen molar-refractivity contribution in [3.63, 3.8) is 0 Å². The first-order valence-corrected chi connectivity index (χ1v) is 4.39. The van der Waals surface area contributed by atoms with Gasteiger partial charge in [0.05, 0.1) is 4.99 Å². The van der Waals surface area contributed by atoms with Crippen LogP contribution in [0.25, 0.3) is 0 Å². The average Bonchev–Trinajstić information content (AvgIpc) is 2.03. The van der Waals surface area contributed by atoms with E-state index in [1.165, 1.54) is 0 Å². The van der Waals surface area contributed by atoms with Gasteiger partial charge in [-0.3, -0.25) is 9.98 Å². The zero-order valence-electron chi connectivity index (χ0n) is 7.32. The third-order valence-corrected chi connectivity index (χ3v) is 2.25. The molecule has 1 rings (SSSR count). The minimum absolute atomic E-state index is 0.0329. The summed E-state index contributed by atoms with van der Waals surface area (Å²) in [6, 6.07) is 0.